The zero-order valence-electron chi connectivity index (χ0n) is 12.3. The molecule has 2 N–H and O–H groups in total. The third-order valence-corrected chi connectivity index (χ3v) is 4.24. The van der Waals surface area contributed by atoms with Crippen molar-refractivity contribution in [3.8, 4) is 6.07 Å². The second-order valence-corrected chi connectivity index (χ2v) is 6.36. The smallest absolute Gasteiger partial charge is 0.0683 e. The van der Waals surface area contributed by atoms with Gasteiger partial charge in [0.15, 0.2) is 0 Å². The van der Waals surface area contributed by atoms with Gasteiger partial charge in [0.05, 0.1) is 11.5 Å². The summed E-state index contributed by atoms with van der Waals surface area (Å²) >= 11 is 0. The van der Waals surface area contributed by atoms with E-state index in [9.17, 15) is 0 Å². The highest BCUT2D eigenvalue weighted by molar-refractivity contribution is 4.91. The Balaban J connectivity index is 2.30. The fraction of sp³-hybridized carbons (Fsp3) is 0.933. The number of hydrogen-bond donors (Lipinski definition) is 1. The van der Waals surface area contributed by atoms with Crippen LogP contribution in [0.3, 0.4) is 0 Å². The molecule has 1 rings (SSSR count). The van der Waals surface area contributed by atoms with E-state index in [4.69, 9.17) is 11.0 Å². The van der Waals surface area contributed by atoms with Crippen LogP contribution in [0.2, 0.25) is 0 Å². The summed E-state index contributed by atoms with van der Waals surface area (Å²) in [5.74, 6) is 0. The molecule has 0 aromatic heterocycles. The van der Waals surface area contributed by atoms with E-state index in [0.717, 1.165) is 25.9 Å². The Morgan fingerprint density at radius 2 is 2.06 bits per heavy atom. The van der Waals surface area contributed by atoms with E-state index in [1.807, 2.05) is 13.8 Å². The third-order valence-electron chi connectivity index (χ3n) is 4.24. The third kappa shape index (κ3) is 4.59. The van der Waals surface area contributed by atoms with Gasteiger partial charge in [-0.15, -0.1) is 0 Å². The highest BCUT2D eigenvalue weighted by Crippen LogP contribution is 2.25. The van der Waals surface area contributed by atoms with Crippen LogP contribution in [0.4, 0.5) is 0 Å². The van der Waals surface area contributed by atoms with Crippen LogP contribution in [0, 0.1) is 16.7 Å². The summed E-state index contributed by atoms with van der Waals surface area (Å²) in [7, 11) is 0. The molecule has 1 aliphatic rings. The van der Waals surface area contributed by atoms with E-state index in [1.54, 1.807) is 0 Å². The van der Waals surface area contributed by atoms with E-state index in [1.165, 1.54) is 25.7 Å². The first-order valence-electron chi connectivity index (χ1n) is 7.37. The number of rotatable bonds is 6. The minimum atomic E-state index is -0.166. The molecule has 0 radical (unpaired) electrons. The molecule has 0 amide bonds. The Morgan fingerprint density at radius 1 is 1.33 bits per heavy atom. The van der Waals surface area contributed by atoms with Gasteiger partial charge in [0.2, 0.25) is 0 Å². The molecule has 1 fully saturated rings. The van der Waals surface area contributed by atoms with Gasteiger partial charge in [-0.1, -0.05) is 12.8 Å². The van der Waals surface area contributed by atoms with Crippen LogP contribution in [0.1, 0.15) is 59.3 Å². The summed E-state index contributed by atoms with van der Waals surface area (Å²) in [6.45, 7) is 8.30. The highest BCUT2D eigenvalue weighted by atomic mass is 15.2. The van der Waals surface area contributed by atoms with Gasteiger partial charge in [-0.2, -0.15) is 5.26 Å². The first-order valence-corrected chi connectivity index (χ1v) is 7.37. The number of likely N-dealkylation sites (tertiary alicyclic amines) is 1. The van der Waals surface area contributed by atoms with Crippen molar-refractivity contribution in [3.63, 3.8) is 0 Å². The number of piperidine rings is 1. The van der Waals surface area contributed by atoms with Gasteiger partial charge in [-0.3, -0.25) is 4.90 Å². The van der Waals surface area contributed by atoms with Gasteiger partial charge in [0, 0.05) is 18.6 Å². The lowest BCUT2D eigenvalue weighted by Gasteiger charge is -2.40. The standard InChI is InChI=1S/C15H29N3/c1-13-7-6-8-14(11-16)18(13)10-5-4-9-15(2,3)12-17/h13-14H,4-11,16H2,1-3H3. The van der Waals surface area contributed by atoms with Gasteiger partial charge >= 0.3 is 0 Å². The monoisotopic (exact) mass is 251 g/mol. The first kappa shape index (κ1) is 15.5. The fourth-order valence-electron chi connectivity index (χ4n) is 2.91. The summed E-state index contributed by atoms with van der Waals surface area (Å²) in [5.41, 5.74) is 5.70. The van der Waals surface area contributed by atoms with Crippen molar-refractivity contribution in [1.29, 1.82) is 5.26 Å². The minimum Gasteiger partial charge on any atom is -0.329 e. The summed E-state index contributed by atoms with van der Waals surface area (Å²) in [4.78, 5) is 2.59. The van der Waals surface area contributed by atoms with Crippen LogP contribution in [0.5, 0.6) is 0 Å². The van der Waals surface area contributed by atoms with E-state index in [2.05, 4.69) is 17.9 Å². The molecular weight excluding hydrogens is 222 g/mol. The molecule has 0 saturated carbocycles. The molecule has 0 aromatic carbocycles. The topological polar surface area (TPSA) is 53.0 Å². The quantitative estimate of drug-likeness (QED) is 0.738. The van der Waals surface area contributed by atoms with Crippen LogP contribution in [0.15, 0.2) is 0 Å². The van der Waals surface area contributed by atoms with Crippen molar-refractivity contribution < 1.29 is 0 Å². The summed E-state index contributed by atoms with van der Waals surface area (Å²) in [5, 5.41) is 8.99. The molecule has 2 atom stereocenters. The summed E-state index contributed by atoms with van der Waals surface area (Å²) in [6.07, 6.45) is 7.21. The second-order valence-electron chi connectivity index (χ2n) is 6.36. The number of hydrogen-bond acceptors (Lipinski definition) is 3. The van der Waals surface area contributed by atoms with Crippen molar-refractivity contribution >= 4 is 0 Å². The molecule has 1 aliphatic heterocycles. The normalized spacial score (nSPS) is 25.9. The number of nitrogens with two attached hydrogens (primary N) is 1. The average molecular weight is 251 g/mol. The van der Waals surface area contributed by atoms with E-state index in [-0.39, 0.29) is 5.41 Å². The molecule has 104 valence electrons. The highest BCUT2D eigenvalue weighted by Gasteiger charge is 2.26. The molecule has 1 heterocycles. The maximum Gasteiger partial charge on any atom is 0.0683 e. The van der Waals surface area contributed by atoms with Crippen LogP contribution in [-0.4, -0.2) is 30.1 Å². The lowest BCUT2D eigenvalue weighted by atomic mass is 9.89. The average Bonchev–Trinajstić information content (AvgIpc) is 2.36. The van der Waals surface area contributed by atoms with Crippen LogP contribution >= 0.6 is 0 Å². The maximum atomic E-state index is 8.99. The second kappa shape index (κ2) is 7.11. The Bertz CT molecular complexity index is 280. The Labute approximate surface area is 112 Å². The summed E-state index contributed by atoms with van der Waals surface area (Å²) in [6, 6.07) is 3.63. The minimum absolute atomic E-state index is 0.166. The molecule has 3 nitrogen and oxygen atoms in total. The molecule has 0 bridgehead atoms. The van der Waals surface area contributed by atoms with Crippen molar-refractivity contribution in [2.45, 2.75) is 71.4 Å². The SMILES string of the molecule is CC1CCCC(CN)N1CCCCC(C)(C)C#N. The Kier molecular flexibility index (Phi) is 6.11. The van der Waals surface area contributed by atoms with Crippen molar-refractivity contribution in [2.75, 3.05) is 13.1 Å². The lowest BCUT2D eigenvalue weighted by molar-refractivity contribution is 0.0944. The fourth-order valence-corrected chi connectivity index (χ4v) is 2.91. The van der Waals surface area contributed by atoms with Gasteiger partial charge < -0.3 is 5.73 Å². The predicted molar refractivity (Wildman–Crippen MR) is 76.1 cm³/mol. The van der Waals surface area contributed by atoms with Gasteiger partial charge in [-0.25, -0.2) is 0 Å². The van der Waals surface area contributed by atoms with Gasteiger partial charge in [0.1, 0.15) is 0 Å². The predicted octanol–water partition coefficient (Wildman–Crippen LogP) is 2.91. The van der Waals surface area contributed by atoms with Gasteiger partial charge in [0.25, 0.3) is 0 Å². The summed E-state index contributed by atoms with van der Waals surface area (Å²) < 4.78 is 0. The van der Waals surface area contributed by atoms with E-state index < -0.39 is 0 Å². The number of unbranched alkanes of at least 4 members (excludes halogenated alkanes) is 1. The molecule has 3 heteroatoms. The largest absolute Gasteiger partial charge is 0.329 e. The molecule has 1 saturated heterocycles. The van der Waals surface area contributed by atoms with Crippen LogP contribution in [0.25, 0.3) is 0 Å². The van der Waals surface area contributed by atoms with Crippen LogP contribution < -0.4 is 5.73 Å². The Hall–Kier alpha value is -0.590. The van der Waals surface area contributed by atoms with Crippen LogP contribution in [-0.2, 0) is 0 Å². The van der Waals surface area contributed by atoms with Crippen molar-refractivity contribution in [2.24, 2.45) is 11.1 Å². The van der Waals surface area contributed by atoms with Gasteiger partial charge in [-0.05, 0) is 53.0 Å². The zero-order chi connectivity index (χ0) is 13.6. The molecular formula is C15H29N3. The maximum absolute atomic E-state index is 8.99. The van der Waals surface area contributed by atoms with Crippen molar-refractivity contribution in [1.82, 2.24) is 4.90 Å². The van der Waals surface area contributed by atoms with E-state index in [0.29, 0.717) is 12.1 Å². The lowest BCUT2D eigenvalue weighted by Crippen LogP contribution is -2.49. The van der Waals surface area contributed by atoms with E-state index >= 15 is 0 Å². The molecule has 18 heavy (non-hydrogen) atoms. The Morgan fingerprint density at radius 3 is 2.67 bits per heavy atom. The molecule has 0 aromatic rings. The van der Waals surface area contributed by atoms with Crippen molar-refractivity contribution in [3.05, 3.63) is 0 Å². The zero-order valence-corrected chi connectivity index (χ0v) is 12.3. The number of nitrogens with zero attached hydrogens (tertiary/aromatic N) is 2. The molecule has 0 spiro atoms. The first-order chi connectivity index (χ1) is 8.50. The molecule has 2 unspecified atom stereocenters. The molecule has 0 aliphatic carbocycles. The number of nitriles is 1.